The second-order valence-electron chi connectivity index (χ2n) is 10.6. The first-order valence-electron chi connectivity index (χ1n) is 11.3. The quantitative estimate of drug-likeness (QED) is 0.695. The lowest BCUT2D eigenvalue weighted by molar-refractivity contribution is -0.128. The summed E-state index contributed by atoms with van der Waals surface area (Å²) in [6.07, 6.45) is 4.75. The Kier molecular flexibility index (Phi) is 6.68. The fraction of sp³-hybridized carbons (Fsp3) is 0.708. The fourth-order valence-corrected chi connectivity index (χ4v) is 6.87. The van der Waals surface area contributed by atoms with Gasteiger partial charge in [-0.25, -0.2) is 8.42 Å². The van der Waals surface area contributed by atoms with E-state index in [-0.39, 0.29) is 16.8 Å². The Hall–Kier alpha value is -1.40. The Balaban J connectivity index is 1.70. The zero-order chi connectivity index (χ0) is 22.3. The number of fused-ring (bicyclic) bond motifs is 2. The molecule has 2 fully saturated rings. The van der Waals surface area contributed by atoms with Crippen molar-refractivity contribution in [1.29, 1.82) is 0 Å². The standard InChI is InChI=1S/C24H38N2O3S/c1-15(2)19-7-9-21(10-8-19)30(28,29)26-24(5,6)23(27)25-22-17(4)13-18-11-16(3)12-20(22)14-18/h7-10,15-18,20,22,26H,11-14H2,1-6H3,(H,25,27)/t16?,17?,18-,20?,22?/m0/s1. The molecule has 6 heteroatoms. The minimum atomic E-state index is -3.80. The van der Waals surface area contributed by atoms with E-state index in [1.54, 1.807) is 26.0 Å². The minimum absolute atomic E-state index is 0.116. The number of nitrogens with one attached hydrogen (secondary N) is 2. The molecular formula is C24H38N2O3S. The van der Waals surface area contributed by atoms with Gasteiger partial charge >= 0.3 is 0 Å². The average molecular weight is 435 g/mol. The summed E-state index contributed by atoms with van der Waals surface area (Å²) in [7, 11) is -3.80. The van der Waals surface area contributed by atoms with Gasteiger partial charge < -0.3 is 5.32 Å². The van der Waals surface area contributed by atoms with Crippen LogP contribution in [-0.2, 0) is 14.8 Å². The number of hydrogen-bond acceptors (Lipinski definition) is 3. The van der Waals surface area contributed by atoms with Crippen LogP contribution >= 0.6 is 0 Å². The Morgan fingerprint density at radius 3 is 2.27 bits per heavy atom. The molecule has 0 heterocycles. The van der Waals surface area contributed by atoms with E-state index in [1.807, 2.05) is 12.1 Å². The highest BCUT2D eigenvalue weighted by Gasteiger charge is 2.43. The molecule has 4 unspecified atom stereocenters. The molecule has 0 radical (unpaired) electrons. The zero-order valence-corrected chi connectivity index (χ0v) is 20.1. The molecule has 0 spiro atoms. The highest BCUT2D eigenvalue weighted by atomic mass is 32.2. The molecule has 1 amide bonds. The summed E-state index contributed by atoms with van der Waals surface area (Å²) in [6, 6.07) is 7.00. The number of carbonyl (C=O) groups is 1. The number of rotatable bonds is 6. The van der Waals surface area contributed by atoms with E-state index in [4.69, 9.17) is 0 Å². The topological polar surface area (TPSA) is 75.3 Å². The molecule has 0 aliphatic heterocycles. The first-order chi connectivity index (χ1) is 13.9. The van der Waals surface area contributed by atoms with E-state index in [9.17, 15) is 13.2 Å². The van der Waals surface area contributed by atoms with Crippen molar-refractivity contribution in [3.63, 3.8) is 0 Å². The van der Waals surface area contributed by atoms with Crippen LogP contribution in [0.5, 0.6) is 0 Å². The molecule has 30 heavy (non-hydrogen) atoms. The van der Waals surface area contributed by atoms with Crippen LogP contribution in [0.2, 0.25) is 0 Å². The summed E-state index contributed by atoms with van der Waals surface area (Å²) >= 11 is 0. The van der Waals surface area contributed by atoms with Gasteiger partial charge in [0.15, 0.2) is 0 Å². The molecule has 2 aliphatic rings. The Bertz CT molecular complexity index is 857. The molecule has 5 atom stereocenters. The van der Waals surface area contributed by atoms with E-state index < -0.39 is 15.6 Å². The van der Waals surface area contributed by atoms with Crippen molar-refractivity contribution in [2.45, 2.75) is 89.6 Å². The number of hydrogen-bond donors (Lipinski definition) is 2. The molecule has 1 aromatic carbocycles. The lowest BCUT2D eigenvalue weighted by Gasteiger charge is -2.47. The van der Waals surface area contributed by atoms with Gasteiger partial charge in [-0.1, -0.05) is 39.8 Å². The van der Waals surface area contributed by atoms with E-state index in [0.29, 0.717) is 23.7 Å². The summed E-state index contributed by atoms with van der Waals surface area (Å²) in [5.41, 5.74) is -0.149. The van der Waals surface area contributed by atoms with E-state index in [2.05, 4.69) is 37.7 Å². The van der Waals surface area contributed by atoms with Crippen molar-refractivity contribution in [3.8, 4) is 0 Å². The van der Waals surface area contributed by atoms with Crippen molar-refractivity contribution >= 4 is 15.9 Å². The third kappa shape index (κ3) is 5.08. The summed E-state index contributed by atoms with van der Waals surface area (Å²) in [5.74, 6) is 2.45. The molecule has 2 aliphatic carbocycles. The Morgan fingerprint density at radius 1 is 1.03 bits per heavy atom. The van der Waals surface area contributed by atoms with Crippen LogP contribution in [0.4, 0.5) is 0 Å². The lowest BCUT2D eigenvalue weighted by Crippen LogP contribution is -2.60. The molecule has 168 valence electrons. The molecule has 3 rings (SSSR count). The van der Waals surface area contributed by atoms with Crippen LogP contribution in [0.15, 0.2) is 29.2 Å². The average Bonchev–Trinajstić information content (AvgIpc) is 2.63. The number of benzene rings is 1. The predicted molar refractivity (Wildman–Crippen MR) is 121 cm³/mol. The van der Waals surface area contributed by atoms with E-state index >= 15 is 0 Å². The molecule has 2 N–H and O–H groups in total. The number of sulfonamides is 1. The number of amides is 1. The molecule has 2 bridgehead atoms. The van der Waals surface area contributed by atoms with Crippen LogP contribution in [0, 0.1) is 23.7 Å². The van der Waals surface area contributed by atoms with Gasteiger partial charge in [-0.15, -0.1) is 0 Å². The Morgan fingerprint density at radius 2 is 1.67 bits per heavy atom. The third-order valence-electron chi connectivity index (χ3n) is 7.01. The van der Waals surface area contributed by atoms with Gasteiger partial charge in [-0.3, -0.25) is 4.79 Å². The van der Waals surface area contributed by atoms with Gasteiger partial charge in [-0.2, -0.15) is 4.72 Å². The monoisotopic (exact) mass is 434 g/mol. The third-order valence-corrected chi connectivity index (χ3v) is 8.69. The van der Waals surface area contributed by atoms with Gasteiger partial charge in [0.2, 0.25) is 15.9 Å². The second-order valence-corrected chi connectivity index (χ2v) is 12.3. The highest BCUT2D eigenvalue weighted by molar-refractivity contribution is 7.89. The van der Waals surface area contributed by atoms with Crippen LogP contribution in [0.3, 0.4) is 0 Å². The summed E-state index contributed by atoms with van der Waals surface area (Å²) in [5, 5.41) is 3.22. The predicted octanol–water partition coefficient (Wildman–Crippen LogP) is 4.44. The largest absolute Gasteiger partial charge is 0.351 e. The zero-order valence-electron chi connectivity index (χ0n) is 19.2. The maximum atomic E-state index is 13.1. The SMILES string of the molecule is CC1CC2C[C@@H](C1)CC(C)C2NC(=O)C(C)(C)NS(=O)(=O)c1ccc(C(C)C)cc1. The molecule has 5 nitrogen and oxygen atoms in total. The molecule has 2 saturated carbocycles. The summed E-state index contributed by atoms with van der Waals surface area (Å²) < 4.78 is 28.5. The van der Waals surface area contributed by atoms with Gasteiger partial charge in [0.1, 0.15) is 5.54 Å². The summed E-state index contributed by atoms with van der Waals surface area (Å²) in [4.78, 5) is 13.3. The van der Waals surface area contributed by atoms with Gasteiger partial charge in [0.25, 0.3) is 0 Å². The van der Waals surface area contributed by atoms with Crippen molar-refractivity contribution in [1.82, 2.24) is 10.0 Å². The minimum Gasteiger partial charge on any atom is -0.351 e. The van der Waals surface area contributed by atoms with Gasteiger partial charge in [-0.05, 0) is 86.8 Å². The first-order valence-corrected chi connectivity index (χ1v) is 12.8. The second kappa shape index (κ2) is 8.62. The molecule has 0 aromatic heterocycles. The van der Waals surface area contributed by atoms with Crippen LogP contribution in [0.25, 0.3) is 0 Å². The van der Waals surface area contributed by atoms with Crippen LogP contribution < -0.4 is 10.0 Å². The maximum absolute atomic E-state index is 13.1. The Labute approximate surface area is 182 Å². The maximum Gasteiger partial charge on any atom is 0.241 e. The normalized spacial score (nSPS) is 29.6. The van der Waals surface area contributed by atoms with Gasteiger partial charge in [0, 0.05) is 6.04 Å². The lowest BCUT2D eigenvalue weighted by atomic mass is 9.63. The van der Waals surface area contributed by atoms with Crippen molar-refractivity contribution < 1.29 is 13.2 Å². The van der Waals surface area contributed by atoms with E-state index in [0.717, 1.165) is 24.3 Å². The number of carbonyl (C=O) groups excluding carboxylic acids is 1. The fourth-order valence-electron chi connectivity index (χ4n) is 5.49. The summed E-state index contributed by atoms with van der Waals surface area (Å²) in [6.45, 7) is 11.9. The molecular weight excluding hydrogens is 396 g/mol. The van der Waals surface area contributed by atoms with Crippen molar-refractivity contribution in [2.24, 2.45) is 23.7 Å². The van der Waals surface area contributed by atoms with Crippen LogP contribution in [0.1, 0.15) is 78.7 Å². The first kappa shape index (κ1) is 23.3. The smallest absolute Gasteiger partial charge is 0.241 e. The van der Waals surface area contributed by atoms with Gasteiger partial charge in [0.05, 0.1) is 4.90 Å². The highest BCUT2D eigenvalue weighted by Crippen LogP contribution is 2.44. The molecule has 1 aromatic rings. The van der Waals surface area contributed by atoms with Crippen molar-refractivity contribution in [2.75, 3.05) is 0 Å². The van der Waals surface area contributed by atoms with Crippen LogP contribution in [-0.4, -0.2) is 25.9 Å². The molecule has 0 saturated heterocycles. The van der Waals surface area contributed by atoms with E-state index in [1.165, 1.54) is 12.8 Å². The van der Waals surface area contributed by atoms with Crippen molar-refractivity contribution in [3.05, 3.63) is 29.8 Å².